The summed E-state index contributed by atoms with van der Waals surface area (Å²) in [5.74, 6) is 2.47. The molecule has 3 heterocycles. The molecule has 3 aromatic heterocycles. The van der Waals surface area contributed by atoms with Crippen LogP contribution in [-0.2, 0) is 16.6 Å². The van der Waals surface area contributed by atoms with E-state index < -0.39 is 37.8 Å². The molecule has 0 aliphatic rings. The maximum atomic E-state index is 15.2. The smallest absolute Gasteiger partial charge is 0.267 e. The molecular weight excluding hydrogens is 539 g/mol. The number of pyridine rings is 2. The fourth-order valence-electron chi connectivity index (χ4n) is 3.27. The first-order chi connectivity index (χ1) is 17.2. The van der Waals surface area contributed by atoms with Crippen molar-refractivity contribution in [2.45, 2.75) is 11.4 Å². The highest BCUT2D eigenvalue weighted by atomic mass is 35.5. The second-order valence-corrected chi connectivity index (χ2v) is 9.57. The zero-order valence-corrected chi connectivity index (χ0v) is 20.6. The van der Waals surface area contributed by atoms with Gasteiger partial charge < -0.3 is 9.84 Å². The molecule has 0 saturated heterocycles. The Morgan fingerprint density at radius 1 is 1.19 bits per heavy atom. The number of nitrogens with zero attached hydrogens (tertiary/aromatic N) is 4. The highest BCUT2D eigenvalue weighted by molar-refractivity contribution is 7.92. The Hall–Kier alpha value is -3.50. The summed E-state index contributed by atoms with van der Waals surface area (Å²) in [4.78, 5) is 7.35. The van der Waals surface area contributed by atoms with Crippen molar-refractivity contribution in [2.24, 2.45) is 0 Å². The number of sulfonamides is 1. The van der Waals surface area contributed by atoms with Crippen LogP contribution in [-0.4, -0.2) is 47.0 Å². The number of rotatable bonds is 6. The summed E-state index contributed by atoms with van der Waals surface area (Å²) in [7, 11) is -3.22. The van der Waals surface area contributed by atoms with Gasteiger partial charge in [0.15, 0.2) is 15.9 Å². The lowest BCUT2D eigenvalue weighted by molar-refractivity contribution is 0.271. The van der Waals surface area contributed by atoms with Crippen molar-refractivity contribution >= 4 is 49.8 Å². The molecule has 1 aromatic carbocycles. The zero-order chi connectivity index (χ0) is 26.0. The standard InChI is InChI=1S/C22H15Cl2F2N5O4S/c1-35-22-18(8-13(23)10-28-22)36(33,34)30-17-5-4-16(25)14(19(17)26)3-2-12-9-27-11-15-20(12)31(6-7-32)29-21(15)24/h4-5,8-11,30,32H,6-7H2,1H3. The molecular formula is C22H15Cl2F2N5O4S. The van der Waals surface area contributed by atoms with E-state index in [4.69, 9.17) is 27.9 Å². The summed E-state index contributed by atoms with van der Waals surface area (Å²) in [5.41, 5.74) is -0.607. The van der Waals surface area contributed by atoms with Crippen LogP contribution in [0.25, 0.3) is 10.9 Å². The number of nitrogens with one attached hydrogen (secondary N) is 1. The fourth-order valence-corrected chi connectivity index (χ4v) is 4.93. The molecule has 9 nitrogen and oxygen atoms in total. The molecule has 0 bridgehead atoms. The van der Waals surface area contributed by atoms with Gasteiger partial charge in [0.25, 0.3) is 10.0 Å². The first-order valence-corrected chi connectivity index (χ1v) is 12.2. The molecule has 0 amide bonds. The molecule has 0 aliphatic carbocycles. The molecule has 0 radical (unpaired) electrons. The summed E-state index contributed by atoms with van der Waals surface area (Å²) in [6, 6.07) is 2.85. The molecule has 4 rings (SSSR count). The van der Waals surface area contributed by atoms with Crippen molar-refractivity contribution < 1.29 is 27.0 Å². The maximum Gasteiger partial charge on any atom is 0.267 e. The van der Waals surface area contributed by atoms with Gasteiger partial charge in [0.2, 0.25) is 5.88 Å². The second kappa shape index (κ2) is 10.2. The number of ether oxygens (including phenoxy) is 1. The predicted molar refractivity (Wildman–Crippen MR) is 129 cm³/mol. The number of aliphatic hydroxyl groups excluding tert-OH is 1. The predicted octanol–water partition coefficient (Wildman–Crippen LogP) is 3.61. The van der Waals surface area contributed by atoms with Crippen LogP contribution in [0, 0.1) is 23.5 Å². The number of benzene rings is 1. The Morgan fingerprint density at radius 3 is 2.69 bits per heavy atom. The first kappa shape index (κ1) is 25.6. The Bertz CT molecular complexity index is 1650. The molecule has 0 saturated carbocycles. The number of aromatic nitrogens is 4. The lowest BCUT2D eigenvalue weighted by Crippen LogP contribution is -2.16. The normalized spacial score (nSPS) is 11.3. The van der Waals surface area contributed by atoms with Crippen molar-refractivity contribution in [2.75, 3.05) is 18.4 Å². The zero-order valence-electron chi connectivity index (χ0n) is 18.3. The average molecular weight is 554 g/mol. The van der Waals surface area contributed by atoms with Crippen molar-refractivity contribution in [3.8, 4) is 17.7 Å². The van der Waals surface area contributed by atoms with Gasteiger partial charge in [0.1, 0.15) is 5.82 Å². The van der Waals surface area contributed by atoms with Gasteiger partial charge in [-0.15, -0.1) is 0 Å². The van der Waals surface area contributed by atoms with Gasteiger partial charge in [-0.25, -0.2) is 22.2 Å². The highest BCUT2D eigenvalue weighted by Gasteiger charge is 2.24. The van der Waals surface area contributed by atoms with E-state index in [0.717, 1.165) is 18.2 Å². The number of halogens is 4. The van der Waals surface area contributed by atoms with Crippen molar-refractivity contribution in [3.05, 3.63) is 69.7 Å². The quantitative estimate of drug-likeness (QED) is 0.350. The highest BCUT2D eigenvalue weighted by Crippen LogP contribution is 2.29. The molecule has 36 heavy (non-hydrogen) atoms. The van der Waals surface area contributed by atoms with Gasteiger partial charge >= 0.3 is 0 Å². The number of anilines is 1. The number of hydrogen-bond acceptors (Lipinski definition) is 7. The third-order valence-corrected chi connectivity index (χ3v) is 6.69. The third kappa shape index (κ3) is 4.91. The minimum absolute atomic E-state index is 0.00522. The van der Waals surface area contributed by atoms with Gasteiger partial charge in [-0.05, 0) is 18.2 Å². The van der Waals surface area contributed by atoms with Gasteiger partial charge in [-0.2, -0.15) is 5.10 Å². The molecule has 0 unspecified atom stereocenters. The summed E-state index contributed by atoms with van der Waals surface area (Å²) < 4.78 is 63.9. The van der Waals surface area contributed by atoms with E-state index in [2.05, 4.69) is 26.9 Å². The molecule has 0 aliphatic heterocycles. The van der Waals surface area contributed by atoms with Crippen LogP contribution in [0.4, 0.5) is 14.5 Å². The van der Waals surface area contributed by atoms with Crippen LogP contribution in [0.1, 0.15) is 11.1 Å². The van der Waals surface area contributed by atoms with Gasteiger partial charge in [-0.3, -0.25) is 14.4 Å². The lowest BCUT2D eigenvalue weighted by Gasteiger charge is -2.12. The van der Waals surface area contributed by atoms with Crippen LogP contribution in [0.15, 0.2) is 41.7 Å². The van der Waals surface area contributed by atoms with Gasteiger partial charge in [-0.1, -0.05) is 35.0 Å². The summed E-state index contributed by atoms with van der Waals surface area (Å²) >= 11 is 12.0. The SMILES string of the molecule is COc1ncc(Cl)cc1S(=O)(=O)Nc1ccc(F)c(C#Cc2cncc3c(Cl)nn(CCO)c23)c1F. The molecule has 2 N–H and O–H groups in total. The molecule has 0 atom stereocenters. The number of methoxy groups -OCH3 is 1. The first-order valence-electron chi connectivity index (χ1n) is 9.99. The van der Waals surface area contributed by atoms with E-state index in [-0.39, 0.29) is 34.8 Å². The number of fused-ring (bicyclic) bond motifs is 1. The van der Waals surface area contributed by atoms with Crippen LogP contribution in [0.2, 0.25) is 10.2 Å². The van der Waals surface area contributed by atoms with Crippen molar-refractivity contribution in [1.82, 2.24) is 19.7 Å². The Balaban J connectivity index is 1.77. The van der Waals surface area contributed by atoms with E-state index in [9.17, 15) is 17.9 Å². The Kier molecular flexibility index (Phi) is 7.28. The molecule has 186 valence electrons. The average Bonchev–Trinajstić information content (AvgIpc) is 3.17. The maximum absolute atomic E-state index is 15.2. The van der Waals surface area contributed by atoms with Crippen LogP contribution in [0.5, 0.6) is 5.88 Å². The monoisotopic (exact) mass is 553 g/mol. The minimum Gasteiger partial charge on any atom is -0.480 e. The van der Waals surface area contributed by atoms with Crippen molar-refractivity contribution in [3.63, 3.8) is 0 Å². The second-order valence-electron chi connectivity index (χ2n) is 7.12. The van der Waals surface area contributed by atoms with Gasteiger partial charge in [0, 0.05) is 18.6 Å². The molecule has 0 spiro atoms. The Morgan fingerprint density at radius 2 is 1.97 bits per heavy atom. The van der Waals surface area contributed by atoms with Crippen LogP contribution in [0.3, 0.4) is 0 Å². The van der Waals surface area contributed by atoms with E-state index in [1.807, 2.05) is 4.72 Å². The lowest BCUT2D eigenvalue weighted by atomic mass is 10.1. The van der Waals surface area contributed by atoms with E-state index in [0.29, 0.717) is 10.9 Å². The summed E-state index contributed by atoms with van der Waals surface area (Å²) in [5, 5.41) is 13.9. The molecule has 14 heteroatoms. The number of hydrogen-bond donors (Lipinski definition) is 2. The largest absolute Gasteiger partial charge is 0.480 e. The summed E-state index contributed by atoms with van der Waals surface area (Å²) in [6.45, 7) is -0.135. The van der Waals surface area contributed by atoms with E-state index in [1.54, 1.807) is 0 Å². The van der Waals surface area contributed by atoms with Crippen LogP contribution >= 0.6 is 23.2 Å². The topological polar surface area (TPSA) is 119 Å². The van der Waals surface area contributed by atoms with E-state index >= 15 is 4.39 Å². The molecule has 0 fully saturated rings. The van der Waals surface area contributed by atoms with Crippen molar-refractivity contribution in [1.29, 1.82) is 0 Å². The van der Waals surface area contributed by atoms with Gasteiger partial charge in [0.05, 0.1) is 53.0 Å². The van der Waals surface area contributed by atoms with Crippen LogP contribution < -0.4 is 9.46 Å². The molecule has 4 aromatic rings. The van der Waals surface area contributed by atoms with E-state index in [1.165, 1.54) is 30.4 Å². The Labute approximate surface area is 213 Å². The fraction of sp³-hybridized carbons (Fsp3) is 0.136. The summed E-state index contributed by atoms with van der Waals surface area (Å²) in [6.07, 6.45) is 3.97. The minimum atomic E-state index is -4.43. The third-order valence-electron chi connectivity index (χ3n) is 4.84. The number of aliphatic hydroxyl groups is 1.